The monoisotopic (exact) mass is 236 g/mol. The highest BCUT2D eigenvalue weighted by molar-refractivity contribution is 5.82. The van der Waals surface area contributed by atoms with E-state index in [1.54, 1.807) is 13.2 Å². The average Bonchev–Trinajstić information content (AvgIpc) is 2.70. The molecule has 1 aliphatic rings. The minimum Gasteiger partial charge on any atom is -0.496 e. The maximum Gasteiger partial charge on any atom is 0.340 e. The van der Waals surface area contributed by atoms with E-state index in [1.807, 2.05) is 19.1 Å². The molecule has 0 spiro atoms. The summed E-state index contributed by atoms with van der Waals surface area (Å²) >= 11 is 0. The van der Waals surface area contributed by atoms with Crippen LogP contribution < -0.4 is 4.74 Å². The molecule has 0 bridgehead atoms. The lowest BCUT2D eigenvalue weighted by Gasteiger charge is -2.25. The molecule has 0 fully saturated rings. The predicted molar refractivity (Wildman–Crippen MR) is 62.3 cm³/mol. The zero-order valence-corrected chi connectivity index (χ0v) is 10.0. The number of benzene rings is 1. The highest BCUT2D eigenvalue weighted by Gasteiger charge is 2.47. The molecule has 1 aromatic rings. The molecule has 0 amide bonds. The van der Waals surface area contributed by atoms with Gasteiger partial charge in [0, 0.05) is 17.7 Å². The Morgan fingerprint density at radius 1 is 1.53 bits per heavy atom. The molecule has 1 aliphatic carbocycles. The van der Waals surface area contributed by atoms with Gasteiger partial charge < -0.3 is 14.6 Å². The summed E-state index contributed by atoms with van der Waals surface area (Å²) in [5, 5.41) is 9.44. The lowest BCUT2D eigenvalue weighted by Crippen LogP contribution is -2.36. The molecular weight excluding hydrogens is 220 g/mol. The number of fused-ring (bicyclic) bond motifs is 1. The fourth-order valence-corrected chi connectivity index (χ4v) is 2.51. The van der Waals surface area contributed by atoms with Gasteiger partial charge in [0.1, 0.15) is 5.75 Å². The zero-order valence-electron chi connectivity index (χ0n) is 10.0. The van der Waals surface area contributed by atoms with Crippen molar-refractivity contribution in [1.29, 1.82) is 0 Å². The van der Waals surface area contributed by atoms with E-state index in [-0.39, 0.29) is 0 Å². The smallest absolute Gasteiger partial charge is 0.340 e. The van der Waals surface area contributed by atoms with Gasteiger partial charge in [-0.05, 0) is 25.8 Å². The number of carboxylic acids is 1. The molecule has 1 N–H and O–H groups in total. The predicted octanol–water partition coefficient (Wildman–Crippen LogP) is 1.96. The van der Waals surface area contributed by atoms with Gasteiger partial charge in [0.05, 0.1) is 7.11 Å². The number of ether oxygens (including phenoxy) is 2. The second-order valence-electron chi connectivity index (χ2n) is 4.05. The van der Waals surface area contributed by atoms with Crippen LogP contribution in [0.2, 0.25) is 0 Å². The van der Waals surface area contributed by atoms with Crippen LogP contribution in [0.4, 0.5) is 0 Å². The maximum atomic E-state index is 11.5. The maximum absolute atomic E-state index is 11.5. The second-order valence-corrected chi connectivity index (χ2v) is 4.05. The number of carbonyl (C=O) groups is 1. The van der Waals surface area contributed by atoms with Crippen LogP contribution in [0.3, 0.4) is 0 Å². The molecule has 0 saturated heterocycles. The molecule has 0 heterocycles. The third kappa shape index (κ3) is 1.69. The van der Waals surface area contributed by atoms with Gasteiger partial charge in [-0.15, -0.1) is 0 Å². The first kappa shape index (κ1) is 11.9. The van der Waals surface area contributed by atoms with E-state index in [1.165, 1.54) is 0 Å². The van der Waals surface area contributed by atoms with E-state index in [2.05, 4.69) is 0 Å². The molecule has 0 aromatic heterocycles. The van der Waals surface area contributed by atoms with Crippen molar-refractivity contribution < 1.29 is 19.4 Å². The molecule has 92 valence electrons. The normalized spacial score (nSPS) is 22.2. The summed E-state index contributed by atoms with van der Waals surface area (Å²) in [6.45, 7) is 2.19. The first-order valence-corrected chi connectivity index (χ1v) is 5.69. The van der Waals surface area contributed by atoms with Crippen molar-refractivity contribution in [3.05, 3.63) is 29.3 Å². The van der Waals surface area contributed by atoms with E-state index >= 15 is 0 Å². The first-order chi connectivity index (χ1) is 8.15. The van der Waals surface area contributed by atoms with E-state index in [9.17, 15) is 9.90 Å². The summed E-state index contributed by atoms with van der Waals surface area (Å²) in [6.07, 6.45) is 1.14. The highest BCUT2D eigenvalue weighted by atomic mass is 16.5. The molecule has 1 unspecified atom stereocenters. The van der Waals surface area contributed by atoms with Gasteiger partial charge in [-0.2, -0.15) is 0 Å². The topological polar surface area (TPSA) is 55.8 Å². The third-order valence-electron chi connectivity index (χ3n) is 3.25. The molecule has 0 aliphatic heterocycles. The van der Waals surface area contributed by atoms with Gasteiger partial charge in [-0.1, -0.05) is 12.1 Å². The summed E-state index contributed by atoms with van der Waals surface area (Å²) < 4.78 is 10.8. The zero-order chi connectivity index (χ0) is 12.5. The number of rotatable bonds is 4. The van der Waals surface area contributed by atoms with Crippen LogP contribution in [0.5, 0.6) is 5.75 Å². The molecule has 1 aromatic carbocycles. The fraction of sp³-hybridized carbons (Fsp3) is 0.462. The second kappa shape index (κ2) is 4.37. The van der Waals surface area contributed by atoms with E-state index in [0.717, 1.165) is 16.9 Å². The molecule has 0 radical (unpaired) electrons. The Labute approximate surface area is 100 Å². The molecule has 4 heteroatoms. The van der Waals surface area contributed by atoms with Crippen LogP contribution in [0.25, 0.3) is 0 Å². The van der Waals surface area contributed by atoms with Crippen molar-refractivity contribution >= 4 is 5.97 Å². The van der Waals surface area contributed by atoms with Crippen molar-refractivity contribution in [3.63, 3.8) is 0 Å². The Bertz CT molecular complexity index is 441. The fourth-order valence-electron chi connectivity index (χ4n) is 2.51. The molecule has 0 saturated carbocycles. The van der Waals surface area contributed by atoms with Crippen LogP contribution in [0.15, 0.2) is 18.2 Å². The Hall–Kier alpha value is -1.55. The quantitative estimate of drug-likeness (QED) is 0.868. The van der Waals surface area contributed by atoms with Gasteiger partial charge in [0.25, 0.3) is 0 Å². The summed E-state index contributed by atoms with van der Waals surface area (Å²) in [6, 6.07) is 5.47. The third-order valence-corrected chi connectivity index (χ3v) is 3.25. The largest absolute Gasteiger partial charge is 0.496 e. The van der Waals surface area contributed by atoms with Gasteiger partial charge in [-0.3, -0.25) is 0 Å². The van der Waals surface area contributed by atoms with Gasteiger partial charge in [0.2, 0.25) is 0 Å². The van der Waals surface area contributed by atoms with Crippen molar-refractivity contribution in [2.45, 2.75) is 25.4 Å². The van der Waals surface area contributed by atoms with Crippen molar-refractivity contribution in [3.8, 4) is 5.75 Å². The van der Waals surface area contributed by atoms with E-state index < -0.39 is 11.6 Å². The number of carboxylic acid groups (broad SMARTS) is 1. The standard InChI is InChI=1S/C13H16O4/c1-3-17-13(12(14)15)8-7-9-10(13)5-4-6-11(9)16-2/h4-6H,3,7-8H2,1-2H3,(H,14,15). The molecule has 2 rings (SSSR count). The lowest BCUT2D eigenvalue weighted by atomic mass is 9.95. The Morgan fingerprint density at radius 2 is 2.29 bits per heavy atom. The summed E-state index contributed by atoms with van der Waals surface area (Å²) in [5.41, 5.74) is 0.482. The lowest BCUT2D eigenvalue weighted by molar-refractivity contribution is -0.167. The minimum atomic E-state index is -1.20. The summed E-state index contributed by atoms with van der Waals surface area (Å²) in [5.74, 6) is -0.184. The van der Waals surface area contributed by atoms with Gasteiger partial charge in [-0.25, -0.2) is 4.79 Å². The Kier molecular flexibility index (Phi) is 3.07. The molecule has 1 atom stereocenters. The summed E-state index contributed by atoms with van der Waals surface area (Å²) in [7, 11) is 1.59. The highest BCUT2D eigenvalue weighted by Crippen LogP contribution is 2.43. The first-order valence-electron chi connectivity index (χ1n) is 5.69. The van der Waals surface area contributed by atoms with Crippen molar-refractivity contribution in [1.82, 2.24) is 0 Å². The van der Waals surface area contributed by atoms with Crippen molar-refractivity contribution in [2.24, 2.45) is 0 Å². The Balaban J connectivity index is 2.54. The van der Waals surface area contributed by atoms with E-state index in [4.69, 9.17) is 9.47 Å². The Morgan fingerprint density at radius 3 is 2.88 bits per heavy atom. The number of hydrogen-bond donors (Lipinski definition) is 1. The van der Waals surface area contributed by atoms with Crippen LogP contribution in [0.1, 0.15) is 24.5 Å². The minimum absolute atomic E-state index is 0.378. The molecule has 17 heavy (non-hydrogen) atoms. The van der Waals surface area contributed by atoms with Crippen LogP contribution in [-0.2, 0) is 21.6 Å². The summed E-state index contributed by atoms with van der Waals surface area (Å²) in [4.78, 5) is 11.5. The molecular formula is C13H16O4. The SMILES string of the molecule is CCOC1(C(=O)O)CCc2c(OC)cccc21. The number of hydrogen-bond acceptors (Lipinski definition) is 3. The number of aliphatic carboxylic acids is 1. The number of methoxy groups -OCH3 is 1. The molecule has 4 nitrogen and oxygen atoms in total. The van der Waals surface area contributed by atoms with E-state index in [0.29, 0.717) is 19.4 Å². The van der Waals surface area contributed by atoms with Crippen molar-refractivity contribution in [2.75, 3.05) is 13.7 Å². The van der Waals surface area contributed by atoms with Gasteiger partial charge in [0.15, 0.2) is 5.60 Å². The van der Waals surface area contributed by atoms with Crippen LogP contribution in [-0.4, -0.2) is 24.8 Å². The average molecular weight is 236 g/mol. The van der Waals surface area contributed by atoms with Crippen LogP contribution in [0, 0.1) is 0 Å². The van der Waals surface area contributed by atoms with Crippen LogP contribution >= 0.6 is 0 Å². The van der Waals surface area contributed by atoms with Gasteiger partial charge >= 0.3 is 5.97 Å².